The van der Waals surface area contributed by atoms with Gasteiger partial charge in [0.25, 0.3) is 5.91 Å². The summed E-state index contributed by atoms with van der Waals surface area (Å²) in [5, 5.41) is 2.84. The van der Waals surface area contributed by atoms with Crippen LogP contribution in [0.4, 0.5) is 11.4 Å². The van der Waals surface area contributed by atoms with Gasteiger partial charge in [0.15, 0.2) is 0 Å². The topological polar surface area (TPSA) is 75.7 Å². The summed E-state index contributed by atoms with van der Waals surface area (Å²) in [6.07, 6.45) is 1.12. The predicted octanol–water partition coefficient (Wildman–Crippen LogP) is 4.01. The molecule has 1 amide bonds. The Morgan fingerprint density at radius 2 is 1.55 bits per heavy atom. The van der Waals surface area contributed by atoms with Crippen molar-refractivity contribution in [2.75, 3.05) is 30.0 Å². The van der Waals surface area contributed by atoms with Gasteiger partial charge >= 0.3 is 0 Å². The van der Waals surface area contributed by atoms with Gasteiger partial charge in [-0.05, 0) is 47.5 Å². The molecule has 150 valence electrons. The lowest BCUT2D eigenvalue weighted by Crippen LogP contribution is -2.26. The van der Waals surface area contributed by atoms with Crippen LogP contribution in [0.1, 0.15) is 10.4 Å². The molecule has 0 aliphatic carbocycles. The van der Waals surface area contributed by atoms with Crippen molar-refractivity contribution >= 4 is 27.3 Å². The molecule has 1 N–H and O–H groups in total. The second kappa shape index (κ2) is 8.36. The van der Waals surface area contributed by atoms with Crippen LogP contribution < -0.4 is 14.4 Å². The van der Waals surface area contributed by atoms with E-state index in [4.69, 9.17) is 4.74 Å². The van der Waals surface area contributed by atoms with Gasteiger partial charge in [0.05, 0.1) is 24.7 Å². The number of carbonyl (C=O) groups is 1. The molecule has 0 unspecified atom stereocenters. The van der Waals surface area contributed by atoms with E-state index < -0.39 is 10.0 Å². The fourth-order valence-corrected chi connectivity index (χ4v) is 3.35. The lowest BCUT2D eigenvalue weighted by Gasteiger charge is -2.21. The van der Waals surface area contributed by atoms with Crippen LogP contribution in [-0.4, -0.2) is 34.7 Å². The molecule has 0 heterocycles. The standard InChI is InChI=1S/C22H22N2O4S/c1-24(29(3,26)27)21-14-11-18(16-9-12-19(28-2)13-10-16)15-20(21)23-22(25)17-7-5-4-6-8-17/h4-15H,1-3H3,(H,23,25). The molecular formula is C22H22N2O4S. The molecular weight excluding hydrogens is 388 g/mol. The largest absolute Gasteiger partial charge is 0.497 e. The number of rotatable bonds is 6. The van der Waals surface area contributed by atoms with Gasteiger partial charge in [-0.2, -0.15) is 0 Å². The second-order valence-electron chi connectivity index (χ2n) is 6.51. The maximum absolute atomic E-state index is 12.7. The molecule has 7 heteroatoms. The maximum Gasteiger partial charge on any atom is 0.255 e. The number of hydrogen-bond acceptors (Lipinski definition) is 4. The summed E-state index contributed by atoms with van der Waals surface area (Å²) in [5.41, 5.74) is 3.01. The van der Waals surface area contributed by atoms with Gasteiger partial charge in [-0.25, -0.2) is 8.42 Å². The first kappa shape index (κ1) is 20.4. The van der Waals surface area contributed by atoms with E-state index in [2.05, 4.69) is 5.32 Å². The molecule has 29 heavy (non-hydrogen) atoms. The van der Waals surface area contributed by atoms with E-state index in [0.29, 0.717) is 16.9 Å². The van der Waals surface area contributed by atoms with E-state index in [-0.39, 0.29) is 5.91 Å². The molecule has 3 aromatic carbocycles. The van der Waals surface area contributed by atoms with Crippen LogP contribution in [0.25, 0.3) is 11.1 Å². The summed E-state index contributed by atoms with van der Waals surface area (Å²) >= 11 is 0. The fourth-order valence-electron chi connectivity index (χ4n) is 2.84. The van der Waals surface area contributed by atoms with E-state index in [1.165, 1.54) is 7.05 Å². The SMILES string of the molecule is COc1ccc(-c2ccc(N(C)S(C)(=O)=O)c(NC(=O)c3ccccc3)c2)cc1. The highest BCUT2D eigenvalue weighted by molar-refractivity contribution is 7.92. The van der Waals surface area contributed by atoms with Gasteiger partial charge in [-0.15, -0.1) is 0 Å². The first-order chi connectivity index (χ1) is 13.8. The zero-order valence-corrected chi connectivity index (χ0v) is 17.2. The quantitative estimate of drug-likeness (QED) is 0.666. The lowest BCUT2D eigenvalue weighted by molar-refractivity contribution is 0.102. The predicted molar refractivity (Wildman–Crippen MR) is 116 cm³/mol. The van der Waals surface area contributed by atoms with Gasteiger partial charge in [0.1, 0.15) is 5.75 Å². The monoisotopic (exact) mass is 410 g/mol. The molecule has 0 aliphatic heterocycles. The maximum atomic E-state index is 12.7. The van der Waals surface area contributed by atoms with Gasteiger partial charge in [-0.1, -0.05) is 36.4 Å². The molecule has 0 atom stereocenters. The first-order valence-electron chi connectivity index (χ1n) is 8.88. The highest BCUT2D eigenvalue weighted by atomic mass is 32.2. The number of nitrogens with zero attached hydrogens (tertiary/aromatic N) is 1. The van der Waals surface area contributed by atoms with Crippen molar-refractivity contribution in [2.24, 2.45) is 0 Å². The minimum atomic E-state index is -3.50. The van der Waals surface area contributed by atoms with Crippen LogP contribution in [-0.2, 0) is 10.0 Å². The molecule has 0 spiro atoms. The average molecular weight is 410 g/mol. The summed E-state index contributed by atoms with van der Waals surface area (Å²) in [7, 11) is -0.446. The number of ether oxygens (including phenoxy) is 1. The Morgan fingerprint density at radius 3 is 2.14 bits per heavy atom. The van der Waals surface area contributed by atoms with E-state index in [1.54, 1.807) is 43.5 Å². The minimum absolute atomic E-state index is 0.319. The normalized spacial score (nSPS) is 11.0. The zero-order valence-electron chi connectivity index (χ0n) is 16.4. The summed E-state index contributed by atoms with van der Waals surface area (Å²) < 4.78 is 30.5. The molecule has 6 nitrogen and oxygen atoms in total. The number of carbonyl (C=O) groups excluding carboxylic acids is 1. The van der Waals surface area contributed by atoms with Crippen molar-refractivity contribution in [3.8, 4) is 16.9 Å². The third-order valence-electron chi connectivity index (χ3n) is 4.54. The molecule has 0 bridgehead atoms. The van der Waals surface area contributed by atoms with E-state index in [1.807, 2.05) is 36.4 Å². The number of anilines is 2. The van der Waals surface area contributed by atoms with Crippen molar-refractivity contribution in [2.45, 2.75) is 0 Å². The first-order valence-corrected chi connectivity index (χ1v) is 10.7. The average Bonchev–Trinajstić information content (AvgIpc) is 2.73. The van der Waals surface area contributed by atoms with Crippen LogP contribution in [0.2, 0.25) is 0 Å². The van der Waals surface area contributed by atoms with Crippen molar-refractivity contribution < 1.29 is 17.9 Å². The van der Waals surface area contributed by atoms with Crippen molar-refractivity contribution in [1.82, 2.24) is 0 Å². The van der Waals surface area contributed by atoms with Gasteiger partial charge < -0.3 is 10.1 Å². The zero-order chi connectivity index (χ0) is 21.0. The van der Waals surface area contributed by atoms with Crippen LogP contribution in [0.5, 0.6) is 5.75 Å². The minimum Gasteiger partial charge on any atom is -0.497 e. The van der Waals surface area contributed by atoms with Crippen molar-refractivity contribution in [3.05, 3.63) is 78.4 Å². The number of amides is 1. The number of benzene rings is 3. The second-order valence-corrected chi connectivity index (χ2v) is 8.52. The molecule has 3 rings (SSSR count). The summed E-state index contributed by atoms with van der Waals surface area (Å²) in [4.78, 5) is 12.7. The van der Waals surface area contributed by atoms with E-state index in [9.17, 15) is 13.2 Å². The Labute approximate surface area is 170 Å². The summed E-state index contributed by atoms with van der Waals surface area (Å²) in [6, 6.07) is 21.5. The third kappa shape index (κ3) is 4.75. The summed E-state index contributed by atoms with van der Waals surface area (Å²) in [6.45, 7) is 0. The van der Waals surface area contributed by atoms with Crippen LogP contribution in [0.3, 0.4) is 0 Å². The smallest absolute Gasteiger partial charge is 0.255 e. The van der Waals surface area contributed by atoms with E-state index >= 15 is 0 Å². The van der Waals surface area contributed by atoms with Crippen LogP contribution in [0, 0.1) is 0 Å². The van der Waals surface area contributed by atoms with Crippen LogP contribution in [0.15, 0.2) is 72.8 Å². The van der Waals surface area contributed by atoms with Crippen molar-refractivity contribution in [3.63, 3.8) is 0 Å². The van der Waals surface area contributed by atoms with E-state index in [0.717, 1.165) is 27.4 Å². The Bertz CT molecular complexity index is 1110. The van der Waals surface area contributed by atoms with Gasteiger partial charge in [0.2, 0.25) is 10.0 Å². The molecule has 0 aliphatic rings. The number of hydrogen-bond donors (Lipinski definition) is 1. The van der Waals surface area contributed by atoms with Gasteiger partial charge in [-0.3, -0.25) is 9.10 Å². The Hall–Kier alpha value is -3.32. The third-order valence-corrected chi connectivity index (χ3v) is 5.73. The number of nitrogens with one attached hydrogen (secondary N) is 1. The molecule has 0 aromatic heterocycles. The van der Waals surface area contributed by atoms with Crippen LogP contribution >= 0.6 is 0 Å². The Morgan fingerprint density at radius 1 is 0.931 bits per heavy atom. The van der Waals surface area contributed by atoms with Gasteiger partial charge in [0, 0.05) is 12.6 Å². The Kier molecular flexibility index (Phi) is 5.89. The van der Waals surface area contributed by atoms with Crippen molar-refractivity contribution in [1.29, 1.82) is 0 Å². The molecule has 0 saturated heterocycles. The molecule has 3 aromatic rings. The highest BCUT2D eigenvalue weighted by Gasteiger charge is 2.18. The lowest BCUT2D eigenvalue weighted by atomic mass is 10.0. The summed E-state index contributed by atoms with van der Waals surface area (Å²) in [5.74, 6) is 0.417. The molecule has 0 fully saturated rings. The number of methoxy groups -OCH3 is 1. The molecule has 0 radical (unpaired) electrons. The highest BCUT2D eigenvalue weighted by Crippen LogP contribution is 2.33. The Balaban J connectivity index is 2.04. The fraction of sp³-hybridized carbons (Fsp3) is 0.136. The number of sulfonamides is 1. The molecule has 0 saturated carbocycles.